The summed E-state index contributed by atoms with van der Waals surface area (Å²) in [5, 5.41) is 13.8. The summed E-state index contributed by atoms with van der Waals surface area (Å²) < 4.78 is 1.81. The van der Waals surface area contributed by atoms with E-state index in [1.165, 1.54) is 18.2 Å². The molecule has 1 heterocycles. The lowest BCUT2D eigenvalue weighted by Gasteiger charge is -2.29. The molecule has 122 valence electrons. The number of imide groups is 1. The minimum absolute atomic E-state index is 0.139. The van der Waals surface area contributed by atoms with Crippen LogP contribution >= 0.6 is 11.8 Å². The zero-order valence-electron chi connectivity index (χ0n) is 13.3. The number of carbonyl (C=O) groups is 2. The second kappa shape index (κ2) is 7.62. The summed E-state index contributed by atoms with van der Waals surface area (Å²) in [6, 6.07) is -0.242. The van der Waals surface area contributed by atoms with E-state index >= 15 is 0 Å². The van der Waals surface area contributed by atoms with E-state index < -0.39 is 6.03 Å². The van der Waals surface area contributed by atoms with Gasteiger partial charge in [0.05, 0.1) is 5.75 Å². The number of hydrogen-bond donors (Lipinski definition) is 2. The minimum Gasteiger partial charge on any atom is -0.335 e. The average Bonchev–Trinajstić information content (AvgIpc) is 2.79. The van der Waals surface area contributed by atoms with E-state index in [0.717, 1.165) is 25.1 Å². The molecule has 1 aromatic heterocycles. The van der Waals surface area contributed by atoms with Gasteiger partial charge < -0.3 is 9.88 Å². The summed E-state index contributed by atoms with van der Waals surface area (Å²) >= 11 is 1.26. The standard InChI is InChI=1S/C14H23N5O2S/c1-9-6-4-5-7-11(9)15-13(21)16-12(20)8-22-14-18-17-10(2)19(14)3/h9,11H,4-8H2,1-3H3,(H2,15,16,20,21)/t9-,11-/m0/s1. The van der Waals surface area contributed by atoms with E-state index in [9.17, 15) is 9.59 Å². The molecule has 0 spiro atoms. The van der Waals surface area contributed by atoms with E-state index in [2.05, 4.69) is 27.8 Å². The zero-order valence-corrected chi connectivity index (χ0v) is 14.1. The number of aryl methyl sites for hydroxylation is 1. The lowest BCUT2D eigenvalue weighted by Crippen LogP contribution is -2.48. The third kappa shape index (κ3) is 4.46. The lowest BCUT2D eigenvalue weighted by atomic mass is 9.86. The van der Waals surface area contributed by atoms with Crippen LogP contribution in [0.25, 0.3) is 0 Å². The molecule has 22 heavy (non-hydrogen) atoms. The first-order valence-electron chi connectivity index (χ1n) is 7.56. The van der Waals surface area contributed by atoms with E-state index in [4.69, 9.17) is 0 Å². The highest BCUT2D eigenvalue weighted by Crippen LogP contribution is 2.23. The predicted molar refractivity (Wildman–Crippen MR) is 84.6 cm³/mol. The maximum absolute atomic E-state index is 11.9. The summed E-state index contributed by atoms with van der Waals surface area (Å²) in [6.07, 6.45) is 4.45. The Balaban J connectivity index is 1.74. The highest BCUT2D eigenvalue weighted by Gasteiger charge is 2.23. The van der Waals surface area contributed by atoms with Crippen molar-refractivity contribution in [2.75, 3.05) is 5.75 Å². The molecule has 1 saturated carbocycles. The molecule has 0 unspecified atom stereocenters. The van der Waals surface area contributed by atoms with Crippen LogP contribution in [0.5, 0.6) is 0 Å². The summed E-state index contributed by atoms with van der Waals surface area (Å²) in [7, 11) is 1.84. The highest BCUT2D eigenvalue weighted by atomic mass is 32.2. The summed E-state index contributed by atoms with van der Waals surface area (Å²) in [5.41, 5.74) is 0. The van der Waals surface area contributed by atoms with Crippen molar-refractivity contribution < 1.29 is 9.59 Å². The molecule has 3 amide bonds. The van der Waals surface area contributed by atoms with Gasteiger partial charge in [-0.05, 0) is 25.7 Å². The molecule has 0 saturated heterocycles. The number of aromatic nitrogens is 3. The molecule has 2 N–H and O–H groups in total. The van der Waals surface area contributed by atoms with Crippen LogP contribution in [0.3, 0.4) is 0 Å². The van der Waals surface area contributed by atoms with Gasteiger partial charge in [0, 0.05) is 13.1 Å². The van der Waals surface area contributed by atoms with Gasteiger partial charge in [0.1, 0.15) is 5.82 Å². The van der Waals surface area contributed by atoms with Gasteiger partial charge in [-0.25, -0.2) is 4.79 Å². The molecule has 2 rings (SSSR count). The molecular formula is C14H23N5O2S. The molecule has 0 aliphatic heterocycles. The molecule has 0 aromatic carbocycles. The topological polar surface area (TPSA) is 88.9 Å². The summed E-state index contributed by atoms with van der Waals surface area (Å²) in [5.74, 6) is 1.06. The molecule has 7 nitrogen and oxygen atoms in total. The Morgan fingerprint density at radius 2 is 2.05 bits per heavy atom. The molecule has 1 fully saturated rings. The Morgan fingerprint density at radius 3 is 2.68 bits per heavy atom. The van der Waals surface area contributed by atoms with Crippen LogP contribution in [-0.2, 0) is 11.8 Å². The van der Waals surface area contributed by atoms with Crippen molar-refractivity contribution in [1.29, 1.82) is 0 Å². The van der Waals surface area contributed by atoms with Crippen molar-refractivity contribution in [3.05, 3.63) is 5.82 Å². The third-order valence-electron chi connectivity index (χ3n) is 4.07. The van der Waals surface area contributed by atoms with Crippen LogP contribution in [0.4, 0.5) is 4.79 Å². The van der Waals surface area contributed by atoms with Gasteiger partial charge >= 0.3 is 6.03 Å². The Bertz CT molecular complexity index is 545. The molecular weight excluding hydrogens is 302 g/mol. The number of rotatable bonds is 4. The Labute approximate surface area is 134 Å². The van der Waals surface area contributed by atoms with Crippen LogP contribution in [0.15, 0.2) is 5.16 Å². The van der Waals surface area contributed by atoms with Crippen molar-refractivity contribution in [2.45, 2.75) is 50.7 Å². The fourth-order valence-electron chi connectivity index (χ4n) is 2.54. The minimum atomic E-state index is -0.404. The number of nitrogens with zero attached hydrogens (tertiary/aromatic N) is 3. The first-order chi connectivity index (χ1) is 10.5. The fraction of sp³-hybridized carbons (Fsp3) is 0.714. The summed E-state index contributed by atoms with van der Waals surface area (Å²) in [6.45, 7) is 3.98. The van der Waals surface area contributed by atoms with Crippen LogP contribution < -0.4 is 10.6 Å². The number of nitrogens with one attached hydrogen (secondary N) is 2. The molecule has 1 aromatic rings. The molecule has 0 bridgehead atoms. The Hall–Kier alpha value is -1.57. The Morgan fingerprint density at radius 1 is 1.32 bits per heavy atom. The first-order valence-corrected chi connectivity index (χ1v) is 8.55. The zero-order chi connectivity index (χ0) is 16.1. The Kier molecular flexibility index (Phi) is 5.82. The average molecular weight is 325 g/mol. The van der Waals surface area contributed by atoms with Gasteiger partial charge in [-0.15, -0.1) is 10.2 Å². The van der Waals surface area contributed by atoms with Crippen LogP contribution in [0, 0.1) is 12.8 Å². The van der Waals surface area contributed by atoms with E-state index in [0.29, 0.717) is 11.1 Å². The van der Waals surface area contributed by atoms with E-state index in [1.54, 1.807) is 0 Å². The molecule has 1 aliphatic rings. The van der Waals surface area contributed by atoms with Crippen LogP contribution in [0.1, 0.15) is 38.4 Å². The number of hydrogen-bond acceptors (Lipinski definition) is 5. The molecule has 2 atom stereocenters. The lowest BCUT2D eigenvalue weighted by molar-refractivity contribution is -0.117. The number of amides is 3. The number of carbonyl (C=O) groups excluding carboxylic acids is 2. The van der Waals surface area contributed by atoms with Crippen molar-refractivity contribution in [1.82, 2.24) is 25.4 Å². The molecule has 8 heteroatoms. The second-order valence-corrected chi connectivity index (χ2v) is 6.71. The summed E-state index contributed by atoms with van der Waals surface area (Å²) in [4.78, 5) is 23.7. The second-order valence-electron chi connectivity index (χ2n) is 5.77. The molecule has 0 radical (unpaired) electrons. The maximum atomic E-state index is 11.9. The van der Waals surface area contributed by atoms with Crippen molar-refractivity contribution in [3.8, 4) is 0 Å². The smallest absolute Gasteiger partial charge is 0.321 e. The van der Waals surface area contributed by atoms with Gasteiger partial charge in [-0.2, -0.15) is 0 Å². The van der Waals surface area contributed by atoms with E-state index in [1.807, 2.05) is 18.5 Å². The first kappa shape index (κ1) is 16.8. The van der Waals surface area contributed by atoms with Crippen molar-refractivity contribution in [3.63, 3.8) is 0 Å². The third-order valence-corrected chi connectivity index (χ3v) is 5.09. The van der Waals surface area contributed by atoms with Crippen LogP contribution in [0.2, 0.25) is 0 Å². The number of thioether (sulfide) groups is 1. The van der Waals surface area contributed by atoms with Gasteiger partial charge in [-0.1, -0.05) is 31.5 Å². The monoisotopic (exact) mass is 325 g/mol. The van der Waals surface area contributed by atoms with Gasteiger partial charge in [-0.3, -0.25) is 10.1 Å². The predicted octanol–water partition coefficient (Wildman–Crippen LogP) is 1.62. The molecule has 1 aliphatic carbocycles. The normalized spacial score (nSPS) is 21.4. The number of urea groups is 1. The van der Waals surface area contributed by atoms with Gasteiger partial charge in [0.15, 0.2) is 5.16 Å². The maximum Gasteiger partial charge on any atom is 0.321 e. The van der Waals surface area contributed by atoms with Crippen molar-refractivity contribution >= 4 is 23.7 Å². The quantitative estimate of drug-likeness (QED) is 0.821. The van der Waals surface area contributed by atoms with Crippen LogP contribution in [-0.4, -0.2) is 38.5 Å². The van der Waals surface area contributed by atoms with Crippen molar-refractivity contribution in [2.24, 2.45) is 13.0 Å². The highest BCUT2D eigenvalue weighted by molar-refractivity contribution is 7.99. The largest absolute Gasteiger partial charge is 0.335 e. The van der Waals surface area contributed by atoms with Gasteiger partial charge in [0.25, 0.3) is 0 Å². The van der Waals surface area contributed by atoms with E-state index in [-0.39, 0.29) is 17.7 Å². The SMILES string of the molecule is Cc1nnc(SCC(=O)NC(=O)N[C@H]2CCCC[C@@H]2C)n1C. The van der Waals surface area contributed by atoms with Gasteiger partial charge in [0.2, 0.25) is 5.91 Å². The fourth-order valence-corrected chi connectivity index (χ4v) is 3.30.